The van der Waals surface area contributed by atoms with E-state index in [9.17, 15) is 10.2 Å². The highest BCUT2D eigenvalue weighted by Gasteiger charge is 2.11. The fourth-order valence-corrected chi connectivity index (χ4v) is 1.95. The van der Waals surface area contributed by atoms with Crippen molar-refractivity contribution in [2.75, 3.05) is 0 Å². The van der Waals surface area contributed by atoms with Crippen molar-refractivity contribution in [3.8, 4) is 22.6 Å². The van der Waals surface area contributed by atoms with E-state index in [2.05, 4.69) is 15.9 Å². The van der Waals surface area contributed by atoms with Gasteiger partial charge >= 0.3 is 0 Å². The minimum Gasteiger partial charge on any atom is -0.507 e. The van der Waals surface area contributed by atoms with Crippen molar-refractivity contribution in [2.24, 2.45) is 0 Å². The van der Waals surface area contributed by atoms with Crippen LogP contribution in [0, 0.1) is 0 Å². The predicted octanol–water partition coefficient (Wildman–Crippen LogP) is 3.53. The molecule has 3 heteroatoms. The SMILES string of the molecule is Oc1cccc(O)c1-c1ccccc1Br. The third-order valence-corrected chi connectivity index (χ3v) is 2.86. The van der Waals surface area contributed by atoms with Crippen molar-refractivity contribution < 1.29 is 10.2 Å². The lowest BCUT2D eigenvalue weighted by atomic mass is 10.0. The third kappa shape index (κ3) is 1.83. The summed E-state index contributed by atoms with van der Waals surface area (Å²) >= 11 is 3.38. The highest BCUT2D eigenvalue weighted by atomic mass is 79.9. The van der Waals surface area contributed by atoms with E-state index in [4.69, 9.17) is 0 Å². The lowest BCUT2D eigenvalue weighted by molar-refractivity contribution is 0.454. The van der Waals surface area contributed by atoms with Gasteiger partial charge in [-0.15, -0.1) is 0 Å². The van der Waals surface area contributed by atoms with Crippen LogP contribution in [-0.4, -0.2) is 10.2 Å². The van der Waals surface area contributed by atoms with Crippen LogP contribution in [-0.2, 0) is 0 Å². The van der Waals surface area contributed by atoms with Crippen molar-refractivity contribution in [3.05, 3.63) is 46.9 Å². The molecular formula is C12H9BrO2. The fraction of sp³-hybridized carbons (Fsp3) is 0. The smallest absolute Gasteiger partial charge is 0.127 e. The molecule has 0 aliphatic rings. The molecule has 0 amide bonds. The van der Waals surface area contributed by atoms with Crippen LogP contribution in [0.15, 0.2) is 46.9 Å². The van der Waals surface area contributed by atoms with Crippen LogP contribution in [0.4, 0.5) is 0 Å². The first-order chi connectivity index (χ1) is 7.20. The standard InChI is InChI=1S/C12H9BrO2/c13-9-5-2-1-4-8(9)12-10(14)6-3-7-11(12)15/h1-7,14-15H. The number of rotatable bonds is 1. The summed E-state index contributed by atoms with van der Waals surface area (Å²) < 4.78 is 0.835. The summed E-state index contributed by atoms with van der Waals surface area (Å²) in [4.78, 5) is 0. The number of hydrogen-bond acceptors (Lipinski definition) is 2. The Labute approximate surface area is 95.9 Å². The minimum absolute atomic E-state index is 0.0712. The van der Waals surface area contributed by atoms with Gasteiger partial charge < -0.3 is 10.2 Å². The summed E-state index contributed by atoms with van der Waals surface area (Å²) in [7, 11) is 0. The van der Waals surface area contributed by atoms with Crippen LogP contribution in [0.5, 0.6) is 11.5 Å². The van der Waals surface area contributed by atoms with Crippen LogP contribution in [0.1, 0.15) is 0 Å². The fourth-order valence-electron chi connectivity index (χ4n) is 1.47. The van der Waals surface area contributed by atoms with Gasteiger partial charge in [-0.3, -0.25) is 0 Å². The number of phenolic OH excluding ortho intramolecular Hbond substituents is 2. The zero-order chi connectivity index (χ0) is 10.8. The molecule has 0 aromatic heterocycles. The van der Waals surface area contributed by atoms with Crippen LogP contribution in [0.3, 0.4) is 0 Å². The van der Waals surface area contributed by atoms with Crippen molar-refractivity contribution in [1.82, 2.24) is 0 Å². The zero-order valence-corrected chi connectivity index (χ0v) is 9.40. The van der Waals surface area contributed by atoms with Crippen LogP contribution in [0.2, 0.25) is 0 Å². The molecule has 2 rings (SSSR count). The average Bonchev–Trinajstić information content (AvgIpc) is 2.20. The van der Waals surface area contributed by atoms with Gasteiger partial charge in [0.1, 0.15) is 11.5 Å². The number of benzene rings is 2. The van der Waals surface area contributed by atoms with E-state index in [1.165, 1.54) is 0 Å². The van der Waals surface area contributed by atoms with Gasteiger partial charge in [0.05, 0.1) is 5.56 Å². The van der Waals surface area contributed by atoms with E-state index in [1.807, 2.05) is 24.3 Å². The van der Waals surface area contributed by atoms with Gasteiger partial charge in [0.15, 0.2) is 0 Å². The molecule has 0 heterocycles. The maximum atomic E-state index is 9.69. The van der Waals surface area contributed by atoms with E-state index >= 15 is 0 Å². The van der Waals surface area contributed by atoms with Gasteiger partial charge in [0.2, 0.25) is 0 Å². The molecule has 0 unspecified atom stereocenters. The third-order valence-electron chi connectivity index (χ3n) is 2.16. The lowest BCUT2D eigenvalue weighted by Crippen LogP contribution is -1.81. The Morgan fingerprint density at radius 2 is 1.40 bits per heavy atom. The normalized spacial score (nSPS) is 10.2. The van der Waals surface area contributed by atoms with Crippen molar-refractivity contribution in [2.45, 2.75) is 0 Å². The lowest BCUT2D eigenvalue weighted by Gasteiger charge is -2.08. The van der Waals surface area contributed by atoms with Gasteiger partial charge in [-0.1, -0.05) is 40.2 Å². The van der Waals surface area contributed by atoms with Crippen LogP contribution >= 0.6 is 15.9 Å². The van der Waals surface area contributed by atoms with Crippen molar-refractivity contribution in [1.29, 1.82) is 0 Å². The molecule has 0 radical (unpaired) electrons. The number of hydrogen-bond donors (Lipinski definition) is 2. The Bertz CT molecular complexity index is 474. The molecule has 2 nitrogen and oxygen atoms in total. The molecule has 2 aromatic rings. The number of phenols is 2. The summed E-state index contributed by atoms with van der Waals surface area (Å²) in [6.45, 7) is 0. The summed E-state index contributed by atoms with van der Waals surface area (Å²) in [5.41, 5.74) is 1.22. The van der Waals surface area contributed by atoms with E-state index < -0.39 is 0 Å². The molecule has 0 spiro atoms. The largest absolute Gasteiger partial charge is 0.507 e. The van der Waals surface area contributed by atoms with Crippen LogP contribution < -0.4 is 0 Å². The first kappa shape index (κ1) is 10.1. The molecule has 0 bridgehead atoms. The zero-order valence-electron chi connectivity index (χ0n) is 7.81. The minimum atomic E-state index is 0.0712. The van der Waals surface area contributed by atoms with E-state index in [-0.39, 0.29) is 11.5 Å². The first-order valence-electron chi connectivity index (χ1n) is 4.46. The molecule has 0 aliphatic heterocycles. The van der Waals surface area contributed by atoms with Gasteiger partial charge in [0.25, 0.3) is 0 Å². The van der Waals surface area contributed by atoms with Crippen molar-refractivity contribution in [3.63, 3.8) is 0 Å². The second kappa shape index (κ2) is 3.95. The summed E-state index contributed by atoms with van der Waals surface area (Å²) in [6, 6.07) is 12.1. The van der Waals surface area contributed by atoms with Crippen LogP contribution in [0.25, 0.3) is 11.1 Å². The molecule has 0 atom stereocenters. The Kier molecular flexibility index (Phi) is 2.64. The van der Waals surface area contributed by atoms with E-state index in [0.717, 1.165) is 10.0 Å². The van der Waals surface area contributed by atoms with Crippen molar-refractivity contribution >= 4 is 15.9 Å². The summed E-state index contributed by atoms with van der Waals surface area (Å²) in [5.74, 6) is 0.142. The molecule has 2 N–H and O–H groups in total. The van der Waals surface area contributed by atoms with Gasteiger partial charge in [0, 0.05) is 10.0 Å². The van der Waals surface area contributed by atoms with E-state index in [1.54, 1.807) is 18.2 Å². The topological polar surface area (TPSA) is 40.5 Å². The second-order valence-electron chi connectivity index (χ2n) is 3.15. The highest BCUT2D eigenvalue weighted by molar-refractivity contribution is 9.10. The monoisotopic (exact) mass is 264 g/mol. The molecule has 0 saturated carbocycles. The summed E-state index contributed by atoms with van der Waals surface area (Å²) in [5, 5.41) is 19.4. The number of halogens is 1. The Morgan fingerprint density at radius 3 is 2.00 bits per heavy atom. The maximum absolute atomic E-state index is 9.69. The Morgan fingerprint density at radius 1 is 0.800 bits per heavy atom. The molecular weight excluding hydrogens is 256 g/mol. The maximum Gasteiger partial charge on any atom is 0.127 e. The van der Waals surface area contributed by atoms with Gasteiger partial charge in [-0.2, -0.15) is 0 Å². The quantitative estimate of drug-likeness (QED) is 0.828. The second-order valence-corrected chi connectivity index (χ2v) is 4.01. The Balaban J connectivity index is 2.69. The average molecular weight is 265 g/mol. The van der Waals surface area contributed by atoms with Gasteiger partial charge in [-0.25, -0.2) is 0 Å². The molecule has 15 heavy (non-hydrogen) atoms. The Hall–Kier alpha value is -1.48. The van der Waals surface area contributed by atoms with Gasteiger partial charge in [-0.05, 0) is 18.2 Å². The molecule has 0 fully saturated rings. The number of aromatic hydroxyl groups is 2. The summed E-state index contributed by atoms with van der Waals surface area (Å²) in [6.07, 6.45) is 0. The molecule has 0 saturated heterocycles. The first-order valence-corrected chi connectivity index (χ1v) is 5.25. The molecule has 2 aromatic carbocycles. The molecule has 76 valence electrons. The van der Waals surface area contributed by atoms with E-state index in [0.29, 0.717) is 5.56 Å². The highest BCUT2D eigenvalue weighted by Crippen LogP contribution is 2.40. The molecule has 0 aliphatic carbocycles. The predicted molar refractivity (Wildman–Crippen MR) is 62.9 cm³/mol.